The van der Waals surface area contributed by atoms with Gasteiger partial charge in [0.1, 0.15) is 11.9 Å². The van der Waals surface area contributed by atoms with Crippen molar-refractivity contribution in [1.82, 2.24) is 10.2 Å². The van der Waals surface area contributed by atoms with Crippen LogP contribution < -0.4 is 5.32 Å². The van der Waals surface area contributed by atoms with E-state index < -0.39 is 0 Å². The molecule has 0 fully saturated rings. The molecule has 6 nitrogen and oxygen atoms in total. The predicted molar refractivity (Wildman–Crippen MR) is 101 cm³/mol. The van der Waals surface area contributed by atoms with Crippen molar-refractivity contribution in [3.8, 4) is 0 Å². The Bertz CT molecular complexity index is 770. The zero-order valence-corrected chi connectivity index (χ0v) is 15.6. The lowest BCUT2D eigenvalue weighted by molar-refractivity contribution is -0.120. The minimum Gasteiger partial charge on any atom is -0.353 e. The van der Waals surface area contributed by atoms with Crippen LogP contribution in [0, 0.1) is 5.92 Å². The van der Waals surface area contributed by atoms with Gasteiger partial charge in [0.15, 0.2) is 5.17 Å². The largest absolute Gasteiger partial charge is 0.353 e. The van der Waals surface area contributed by atoms with Crippen LogP contribution >= 0.6 is 11.8 Å². The highest BCUT2D eigenvalue weighted by atomic mass is 32.2. The van der Waals surface area contributed by atoms with E-state index in [1.54, 1.807) is 0 Å². The minimum absolute atomic E-state index is 0.0494. The molecule has 0 saturated carbocycles. The maximum atomic E-state index is 12.4. The Morgan fingerprint density at radius 1 is 1.24 bits per heavy atom. The van der Waals surface area contributed by atoms with E-state index in [1.165, 1.54) is 11.8 Å². The average Bonchev–Trinajstić information content (AvgIpc) is 2.89. The molecule has 25 heavy (non-hydrogen) atoms. The molecule has 0 radical (unpaired) electrons. The molecular formula is C18H22N4O2S. The first-order valence-electron chi connectivity index (χ1n) is 8.40. The molecule has 3 rings (SSSR count). The van der Waals surface area contributed by atoms with Gasteiger partial charge in [-0.15, -0.1) is 0 Å². The highest BCUT2D eigenvalue weighted by Crippen LogP contribution is 2.35. The monoisotopic (exact) mass is 358 g/mol. The molecule has 0 bridgehead atoms. The van der Waals surface area contributed by atoms with Crippen molar-refractivity contribution in [1.29, 1.82) is 0 Å². The summed E-state index contributed by atoms with van der Waals surface area (Å²) in [6, 6.07) is 7.36. The van der Waals surface area contributed by atoms with Crippen molar-refractivity contribution in [3.05, 3.63) is 29.8 Å². The Morgan fingerprint density at radius 2 is 1.96 bits per heavy atom. The van der Waals surface area contributed by atoms with Crippen LogP contribution in [0.2, 0.25) is 0 Å². The molecular weight excluding hydrogens is 336 g/mol. The molecule has 1 aromatic carbocycles. The van der Waals surface area contributed by atoms with Crippen LogP contribution in [0.3, 0.4) is 0 Å². The first-order valence-corrected chi connectivity index (χ1v) is 9.39. The van der Waals surface area contributed by atoms with Gasteiger partial charge in [-0.1, -0.05) is 37.7 Å². The van der Waals surface area contributed by atoms with Crippen molar-refractivity contribution >= 4 is 40.3 Å². The van der Waals surface area contributed by atoms with E-state index in [2.05, 4.69) is 10.3 Å². The smallest absolute Gasteiger partial charge is 0.271 e. The normalized spacial score (nSPS) is 18.9. The van der Waals surface area contributed by atoms with Crippen LogP contribution in [-0.4, -0.2) is 45.6 Å². The topological polar surface area (TPSA) is 74.1 Å². The van der Waals surface area contributed by atoms with Crippen LogP contribution in [0.25, 0.3) is 0 Å². The second-order valence-electron chi connectivity index (χ2n) is 6.75. The van der Waals surface area contributed by atoms with Crippen molar-refractivity contribution in [2.45, 2.75) is 39.8 Å². The summed E-state index contributed by atoms with van der Waals surface area (Å²) in [5, 5.41) is 3.53. The summed E-state index contributed by atoms with van der Waals surface area (Å²) < 4.78 is 0. The highest BCUT2D eigenvalue weighted by Gasteiger charge is 2.43. The number of benzene rings is 1. The molecule has 7 heteroatoms. The molecule has 132 valence electrons. The lowest BCUT2D eigenvalue weighted by Crippen LogP contribution is -2.46. The number of thioether (sulfide) groups is 1. The van der Waals surface area contributed by atoms with Gasteiger partial charge in [-0.3, -0.25) is 14.5 Å². The molecule has 2 heterocycles. The van der Waals surface area contributed by atoms with E-state index >= 15 is 0 Å². The third kappa shape index (κ3) is 3.46. The lowest BCUT2D eigenvalue weighted by atomic mass is 10.0. The zero-order valence-electron chi connectivity index (χ0n) is 14.8. The van der Waals surface area contributed by atoms with Gasteiger partial charge in [0, 0.05) is 11.6 Å². The summed E-state index contributed by atoms with van der Waals surface area (Å²) in [4.78, 5) is 35.3. The second-order valence-corrected chi connectivity index (χ2v) is 7.70. The van der Waals surface area contributed by atoms with Crippen LogP contribution in [0.1, 0.15) is 33.3 Å². The number of nitrogens with zero attached hydrogens (tertiary/aromatic N) is 3. The van der Waals surface area contributed by atoms with Crippen LogP contribution in [0.15, 0.2) is 34.3 Å². The SMILES string of the molecule is CC(C)NC(=O)CSC1=Nc2ccccc2C2=NC(=O)C(C(C)C)N12. The standard InChI is InChI=1S/C18H22N4O2S/c1-10(2)15-17(24)21-16-12-7-5-6-8-13(12)20-18(22(15)16)25-9-14(23)19-11(3)4/h5-8,10-11,15H,9H2,1-4H3,(H,19,23). The maximum absolute atomic E-state index is 12.4. The van der Waals surface area contributed by atoms with Gasteiger partial charge >= 0.3 is 0 Å². The summed E-state index contributed by atoms with van der Waals surface area (Å²) in [7, 11) is 0. The molecule has 1 N–H and O–H groups in total. The van der Waals surface area contributed by atoms with Crippen molar-refractivity contribution < 1.29 is 9.59 Å². The first-order chi connectivity index (χ1) is 11.9. The van der Waals surface area contributed by atoms with Crippen molar-refractivity contribution in [2.24, 2.45) is 15.9 Å². The number of carbonyl (C=O) groups is 2. The van der Waals surface area contributed by atoms with E-state index in [4.69, 9.17) is 4.99 Å². The van der Waals surface area contributed by atoms with Crippen LogP contribution in [0.4, 0.5) is 5.69 Å². The summed E-state index contributed by atoms with van der Waals surface area (Å²) in [5.41, 5.74) is 1.64. The molecule has 1 atom stereocenters. The number of nitrogens with one attached hydrogen (secondary N) is 1. The van der Waals surface area contributed by atoms with Crippen LogP contribution in [-0.2, 0) is 9.59 Å². The molecule has 2 aliphatic rings. The number of rotatable bonds is 4. The van der Waals surface area contributed by atoms with Gasteiger partial charge in [0.05, 0.1) is 11.4 Å². The molecule has 0 aliphatic carbocycles. The number of fused-ring (bicyclic) bond motifs is 3. The van der Waals surface area contributed by atoms with E-state index in [1.807, 2.05) is 56.9 Å². The average molecular weight is 358 g/mol. The highest BCUT2D eigenvalue weighted by molar-refractivity contribution is 8.14. The summed E-state index contributed by atoms with van der Waals surface area (Å²) in [6.45, 7) is 7.84. The van der Waals surface area contributed by atoms with Crippen molar-refractivity contribution in [2.75, 3.05) is 5.75 Å². The number of hydrogen-bond donors (Lipinski definition) is 1. The molecule has 2 amide bonds. The molecule has 1 aromatic rings. The molecule has 1 unspecified atom stereocenters. The third-order valence-electron chi connectivity index (χ3n) is 3.96. The van der Waals surface area contributed by atoms with Gasteiger partial charge in [-0.05, 0) is 31.9 Å². The number of amidine groups is 2. The molecule has 0 aromatic heterocycles. The Morgan fingerprint density at radius 3 is 2.64 bits per heavy atom. The van der Waals surface area contributed by atoms with Gasteiger partial charge < -0.3 is 5.32 Å². The number of amides is 2. The maximum Gasteiger partial charge on any atom is 0.271 e. The van der Waals surface area contributed by atoms with Gasteiger partial charge in [-0.2, -0.15) is 4.99 Å². The van der Waals surface area contributed by atoms with Crippen LogP contribution in [0.5, 0.6) is 0 Å². The fraction of sp³-hybridized carbons (Fsp3) is 0.444. The molecule has 0 spiro atoms. The minimum atomic E-state index is -0.372. The predicted octanol–water partition coefficient (Wildman–Crippen LogP) is 2.56. The van der Waals surface area contributed by atoms with Gasteiger partial charge in [0.25, 0.3) is 5.91 Å². The Balaban J connectivity index is 1.92. The Kier molecular flexibility index (Phi) is 4.94. The van der Waals surface area contributed by atoms with E-state index in [9.17, 15) is 9.59 Å². The molecule has 0 saturated heterocycles. The Labute approximate surface area is 151 Å². The fourth-order valence-electron chi connectivity index (χ4n) is 2.96. The number of aliphatic imine (C=N–C) groups is 2. The third-order valence-corrected chi connectivity index (χ3v) is 4.91. The summed E-state index contributed by atoms with van der Waals surface area (Å²) in [6.07, 6.45) is 0. The van der Waals surface area contributed by atoms with E-state index in [0.717, 1.165) is 11.3 Å². The molecule has 2 aliphatic heterocycles. The van der Waals surface area contributed by atoms with Gasteiger partial charge in [0.2, 0.25) is 5.91 Å². The lowest BCUT2D eigenvalue weighted by Gasteiger charge is -2.32. The Hall–Kier alpha value is -2.15. The van der Waals surface area contributed by atoms with Crippen molar-refractivity contribution in [3.63, 3.8) is 0 Å². The first kappa shape index (κ1) is 17.7. The quantitative estimate of drug-likeness (QED) is 0.898. The van der Waals surface area contributed by atoms with Gasteiger partial charge in [-0.25, -0.2) is 4.99 Å². The second kappa shape index (κ2) is 7.00. The van der Waals surface area contributed by atoms with E-state index in [0.29, 0.717) is 11.0 Å². The summed E-state index contributed by atoms with van der Waals surface area (Å²) in [5.74, 6) is 0.783. The number of hydrogen-bond acceptors (Lipinski definition) is 5. The van der Waals surface area contributed by atoms with E-state index in [-0.39, 0.29) is 35.6 Å². The fourth-order valence-corrected chi connectivity index (χ4v) is 3.81. The number of para-hydroxylation sites is 1. The summed E-state index contributed by atoms with van der Waals surface area (Å²) >= 11 is 1.34. The zero-order chi connectivity index (χ0) is 18.1. The number of carbonyl (C=O) groups excluding carboxylic acids is 2.